The van der Waals surface area contributed by atoms with Gasteiger partial charge in [0.2, 0.25) is 5.95 Å². The summed E-state index contributed by atoms with van der Waals surface area (Å²) < 4.78 is 19.5. The molecular weight excluding hydrogens is 485 g/mol. The van der Waals surface area contributed by atoms with Crippen molar-refractivity contribution < 1.29 is 13.9 Å². The lowest BCUT2D eigenvalue weighted by molar-refractivity contribution is -0.149. The first-order valence-corrected chi connectivity index (χ1v) is 12.8. The van der Waals surface area contributed by atoms with Crippen molar-refractivity contribution >= 4 is 34.1 Å². The van der Waals surface area contributed by atoms with Crippen LogP contribution in [0.25, 0.3) is 22.2 Å². The number of carbonyl (C=O) groups is 1. The number of fused-ring (bicyclic) bond motifs is 1. The number of amides is 1. The molecule has 196 valence electrons. The molecule has 2 aromatic heterocycles. The molecule has 4 aromatic rings. The number of nitrogens with one attached hydrogen (secondary N) is 2. The molecule has 0 bridgehead atoms. The number of ether oxygens (including phenoxy) is 1. The van der Waals surface area contributed by atoms with E-state index in [1.807, 2.05) is 36.3 Å². The smallest absolute Gasteiger partial charge is 0.253 e. The molecule has 2 aromatic carbocycles. The Kier molecular flexibility index (Phi) is 6.65. The highest BCUT2D eigenvalue weighted by Crippen LogP contribution is 2.29. The van der Waals surface area contributed by atoms with E-state index in [2.05, 4.69) is 42.2 Å². The summed E-state index contributed by atoms with van der Waals surface area (Å²) >= 11 is 0. The lowest BCUT2D eigenvalue weighted by Gasteiger charge is -2.39. The summed E-state index contributed by atoms with van der Waals surface area (Å²) in [5.41, 5.74) is 4.34. The normalized spacial score (nSPS) is 18.6. The van der Waals surface area contributed by atoms with Gasteiger partial charge in [-0.15, -0.1) is 0 Å². The maximum atomic E-state index is 13.8. The Labute approximate surface area is 220 Å². The van der Waals surface area contributed by atoms with Gasteiger partial charge in [-0.2, -0.15) is 0 Å². The molecule has 2 aliphatic rings. The second kappa shape index (κ2) is 10.4. The number of hydrogen-bond acceptors (Lipinski definition) is 7. The molecule has 38 heavy (non-hydrogen) atoms. The summed E-state index contributed by atoms with van der Waals surface area (Å²) in [6, 6.07) is 14.6. The van der Waals surface area contributed by atoms with Gasteiger partial charge in [0.15, 0.2) is 0 Å². The number of nitrogens with zero attached hydrogens (tertiary/aromatic N) is 5. The van der Waals surface area contributed by atoms with Crippen molar-refractivity contribution in [2.24, 2.45) is 0 Å². The van der Waals surface area contributed by atoms with Gasteiger partial charge in [0.05, 0.1) is 12.3 Å². The molecule has 0 aliphatic carbocycles. The van der Waals surface area contributed by atoms with E-state index in [0.717, 1.165) is 47.5 Å². The van der Waals surface area contributed by atoms with Crippen LogP contribution in [0.5, 0.6) is 0 Å². The fourth-order valence-corrected chi connectivity index (χ4v) is 5.07. The predicted octanol–water partition coefficient (Wildman–Crippen LogP) is 3.49. The zero-order chi connectivity index (χ0) is 26.1. The number of morpholine rings is 1. The molecule has 2 fully saturated rings. The molecule has 0 saturated carbocycles. The molecule has 0 spiro atoms. The van der Waals surface area contributed by atoms with Crippen LogP contribution in [0, 0.1) is 5.82 Å². The van der Waals surface area contributed by atoms with Crippen molar-refractivity contribution in [3.63, 3.8) is 0 Å². The summed E-state index contributed by atoms with van der Waals surface area (Å²) in [5, 5.41) is 4.04. The minimum atomic E-state index is -0.358. The van der Waals surface area contributed by atoms with Gasteiger partial charge in [-0.3, -0.25) is 4.79 Å². The molecular formula is C28H30FN7O2. The van der Waals surface area contributed by atoms with Crippen LogP contribution in [0.3, 0.4) is 0 Å². The Morgan fingerprint density at radius 3 is 2.68 bits per heavy atom. The molecule has 10 heteroatoms. The second-order valence-corrected chi connectivity index (χ2v) is 9.76. The first-order valence-electron chi connectivity index (χ1n) is 12.8. The number of aromatic amines is 1. The standard InChI is InChI=1S/C28H30FN7O2/c1-34-14-15-38-26(18-34)27(37)36-12-10-35(11-13-36)21-5-3-20(4-6-21)32-28-30-9-8-25(33-28)23-17-31-24-7-2-19(29)16-22(23)24/h2-9,16-17,26,31H,10-15,18H2,1H3,(H,30,32,33). The van der Waals surface area contributed by atoms with E-state index < -0.39 is 0 Å². The number of H-pyrrole nitrogens is 1. The Morgan fingerprint density at radius 1 is 1.08 bits per heavy atom. The fourth-order valence-electron chi connectivity index (χ4n) is 5.07. The number of benzene rings is 2. The van der Waals surface area contributed by atoms with Gasteiger partial charge in [0.25, 0.3) is 5.91 Å². The molecule has 9 nitrogen and oxygen atoms in total. The van der Waals surface area contributed by atoms with Crippen LogP contribution in [-0.4, -0.2) is 89.7 Å². The molecule has 1 unspecified atom stereocenters. The van der Waals surface area contributed by atoms with Crippen molar-refractivity contribution in [3.8, 4) is 11.3 Å². The number of carbonyl (C=O) groups excluding carboxylic acids is 1. The molecule has 0 radical (unpaired) electrons. The molecule has 2 aliphatic heterocycles. The van der Waals surface area contributed by atoms with Gasteiger partial charge in [0.1, 0.15) is 11.9 Å². The topological polar surface area (TPSA) is 89.6 Å². The van der Waals surface area contributed by atoms with Gasteiger partial charge in [0, 0.05) is 79.5 Å². The molecule has 1 atom stereocenters. The summed E-state index contributed by atoms with van der Waals surface area (Å²) in [6.45, 7) is 5.04. The molecule has 6 rings (SSSR count). The van der Waals surface area contributed by atoms with E-state index >= 15 is 0 Å². The van der Waals surface area contributed by atoms with Crippen molar-refractivity contribution in [3.05, 3.63) is 66.7 Å². The van der Waals surface area contributed by atoms with E-state index in [4.69, 9.17) is 4.74 Å². The molecule has 1 amide bonds. The van der Waals surface area contributed by atoms with Gasteiger partial charge in [-0.25, -0.2) is 14.4 Å². The number of likely N-dealkylation sites (N-methyl/N-ethyl adjacent to an activating group) is 1. The van der Waals surface area contributed by atoms with Crippen LogP contribution in [0.1, 0.15) is 0 Å². The summed E-state index contributed by atoms with van der Waals surface area (Å²) in [5.74, 6) is 0.268. The van der Waals surface area contributed by atoms with Gasteiger partial charge >= 0.3 is 0 Å². The lowest BCUT2D eigenvalue weighted by atomic mass is 10.1. The largest absolute Gasteiger partial charge is 0.368 e. The average molecular weight is 516 g/mol. The Hall–Kier alpha value is -4.02. The number of piperazine rings is 1. The zero-order valence-electron chi connectivity index (χ0n) is 21.2. The quantitative estimate of drug-likeness (QED) is 0.421. The first kappa shape index (κ1) is 24.3. The molecule has 4 heterocycles. The van der Waals surface area contributed by atoms with E-state index in [9.17, 15) is 9.18 Å². The van der Waals surface area contributed by atoms with Crippen LogP contribution in [0.2, 0.25) is 0 Å². The molecule has 2 N–H and O–H groups in total. The van der Waals surface area contributed by atoms with Crippen LogP contribution < -0.4 is 10.2 Å². The van der Waals surface area contributed by atoms with Crippen molar-refractivity contribution in [2.45, 2.75) is 6.10 Å². The van der Waals surface area contributed by atoms with E-state index in [-0.39, 0.29) is 17.8 Å². The summed E-state index contributed by atoms with van der Waals surface area (Å²) in [6.07, 6.45) is 3.16. The Morgan fingerprint density at radius 2 is 1.89 bits per heavy atom. The van der Waals surface area contributed by atoms with Gasteiger partial charge < -0.3 is 29.7 Å². The van der Waals surface area contributed by atoms with Crippen molar-refractivity contribution in [2.75, 3.05) is 63.1 Å². The Balaban J connectivity index is 1.08. The van der Waals surface area contributed by atoms with Crippen LogP contribution in [0.4, 0.5) is 21.7 Å². The van der Waals surface area contributed by atoms with E-state index in [1.54, 1.807) is 12.3 Å². The monoisotopic (exact) mass is 515 g/mol. The average Bonchev–Trinajstić information content (AvgIpc) is 3.36. The minimum Gasteiger partial charge on any atom is -0.368 e. The third kappa shape index (κ3) is 5.05. The van der Waals surface area contributed by atoms with E-state index in [0.29, 0.717) is 37.9 Å². The number of anilines is 3. The number of halogens is 1. The van der Waals surface area contributed by atoms with Crippen LogP contribution in [-0.2, 0) is 9.53 Å². The highest BCUT2D eigenvalue weighted by atomic mass is 19.1. The highest BCUT2D eigenvalue weighted by molar-refractivity contribution is 5.94. The molecule has 2 saturated heterocycles. The minimum absolute atomic E-state index is 0.0933. The SMILES string of the molecule is CN1CCOC(C(=O)N2CCN(c3ccc(Nc4nccc(-c5c[nH]c6ccc(F)cc56)n4)cc3)CC2)C1. The fraction of sp³-hybridized carbons (Fsp3) is 0.321. The van der Waals surface area contributed by atoms with E-state index in [1.165, 1.54) is 12.1 Å². The number of rotatable bonds is 5. The summed E-state index contributed by atoms with van der Waals surface area (Å²) in [4.78, 5) is 31.4. The summed E-state index contributed by atoms with van der Waals surface area (Å²) in [7, 11) is 2.02. The third-order valence-electron chi connectivity index (χ3n) is 7.20. The highest BCUT2D eigenvalue weighted by Gasteiger charge is 2.31. The Bertz CT molecular complexity index is 1430. The van der Waals surface area contributed by atoms with Gasteiger partial charge in [-0.1, -0.05) is 0 Å². The van der Waals surface area contributed by atoms with Crippen molar-refractivity contribution in [1.29, 1.82) is 0 Å². The lowest BCUT2D eigenvalue weighted by Crippen LogP contribution is -2.55. The van der Waals surface area contributed by atoms with Crippen LogP contribution >= 0.6 is 0 Å². The first-order chi connectivity index (χ1) is 18.5. The third-order valence-corrected chi connectivity index (χ3v) is 7.20. The second-order valence-electron chi connectivity index (χ2n) is 9.76. The maximum absolute atomic E-state index is 13.8. The van der Waals surface area contributed by atoms with Gasteiger partial charge in [-0.05, 0) is 55.6 Å². The number of aromatic nitrogens is 3. The van der Waals surface area contributed by atoms with Crippen LogP contribution in [0.15, 0.2) is 60.9 Å². The maximum Gasteiger partial charge on any atom is 0.253 e. The number of hydrogen-bond donors (Lipinski definition) is 2. The zero-order valence-corrected chi connectivity index (χ0v) is 21.2. The van der Waals surface area contributed by atoms with Crippen molar-refractivity contribution in [1.82, 2.24) is 24.8 Å². The predicted molar refractivity (Wildman–Crippen MR) is 145 cm³/mol.